The van der Waals surface area contributed by atoms with E-state index in [0.717, 1.165) is 16.3 Å². The van der Waals surface area contributed by atoms with Gasteiger partial charge >= 0.3 is 0 Å². The van der Waals surface area contributed by atoms with Gasteiger partial charge in [-0.25, -0.2) is 0 Å². The van der Waals surface area contributed by atoms with Gasteiger partial charge in [0.05, 0.1) is 6.61 Å². The van der Waals surface area contributed by atoms with Gasteiger partial charge in [-0.05, 0) is 61.6 Å². The summed E-state index contributed by atoms with van der Waals surface area (Å²) in [6.07, 6.45) is 5.70. The molecule has 1 atom stereocenters. The van der Waals surface area contributed by atoms with Gasteiger partial charge in [-0.2, -0.15) is 0 Å². The van der Waals surface area contributed by atoms with Gasteiger partial charge in [-0.3, -0.25) is 9.78 Å². The number of carbonyl (C=O) groups is 1. The number of hydrogen-bond donors (Lipinski definition) is 1. The molecule has 1 aliphatic carbocycles. The van der Waals surface area contributed by atoms with Gasteiger partial charge in [0, 0.05) is 28.7 Å². The van der Waals surface area contributed by atoms with E-state index in [0.29, 0.717) is 12.5 Å². The minimum Gasteiger partial charge on any atom is -0.368 e. The van der Waals surface area contributed by atoms with Crippen LogP contribution in [0.25, 0.3) is 0 Å². The van der Waals surface area contributed by atoms with E-state index >= 15 is 0 Å². The highest BCUT2D eigenvalue weighted by atomic mass is 32.2. The Hall–Kier alpha value is -1.85. The van der Waals surface area contributed by atoms with Crippen molar-refractivity contribution in [3.63, 3.8) is 0 Å². The molecule has 1 aliphatic rings. The third kappa shape index (κ3) is 5.35. The number of nitrogens with one attached hydrogen (secondary N) is 1. The van der Waals surface area contributed by atoms with E-state index < -0.39 is 6.10 Å². The number of nitrogens with zero attached hydrogens (tertiary/aromatic N) is 1. The van der Waals surface area contributed by atoms with E-state index in [9.17, 15) is 4.79 Å². The summed E-state index contributed by atoms with van der Waals surface area (Å²) >= 11 is 1.75. The number of rotatable bonds is 8. The zero-order chi connectivity index (χ0) is 16.8. The summed E-state index contributed by atoms with van der Waals surface area (Å²) in [5.74, 6) is 1.45. The Bertz CT molecular complexity index is 657. The highest BCUT2D eigenvalue weighted by Gasteiger charge is 2.24. The molecule has 1 unspecified atom stereocenters. The number of benzene rings is 1. The quantitative estimate of drug-likeness (QED) is 0.733. The fraction of sp³-hybridized carbons (Fsp3) is 0.368. The average Bonchev–Trinajstić information content (AvgIpc) is 3.44. The first-order valence-corrected chi connectivity index (χ1v) is 9.23. The molecule has 1 amide bonds. The summed E-state index contributed by atoms with van der Waals surface area (Å²) in [5.41, 5.74) is 1.99. The van der Waals surface area contributed by atoms with Crippen LogP contribution in [0, 0.1) is 5.92 Å². The normalized spacial score (nSPS) is 15.0. The third-order valence-electron chi connectivity index (χ3n) is 3.90. The molecule has 126 valence electrons. The minimum absolute atomic E-state index is 0.0913. The van der Waals surface area contributed by atoms with Crippen LogP contribution in [0.2, 0.25) is 0 Å². The van der Waals surface area contributed by atoms with Crippen LogP contribution in [0.3, 0.4) is 0 Å². The van der Waals surface area contributed by atoms with Crippen LogP contribution < -0.4 is 5.32 Å². The predicted octanol–water partition coefficient (Wildman–Crippen LogP) is 4.13. The van der Waals surface area contributed by atoms with E-state index in [-0.39, 0.29) is 5.91 Å². The topological polar surface area (TPSA) is 51.2 Å². The molecule has 5 heteroatoms. The van der Waals surface area contributed by atoms with E-state index in [1.807, 2.05) is 36.5 Å². The van der Waals surface area contributed by atoms with Crippen molar-refractivity contribution in [1.29, 1.82) is 0 Å². The molecule has 0 aliphatic heterocycles. The van der Waals surface area contributed by atoms with Crippen molar-refractivity contribution in [2.75, 3.05) is 11.9 Å². The molecule has 4 nitrogen and oxygen atoms in total. The first-order valence-electron chi connectivity index (χ1n) is 8.25. The number of carbonyl (C=O) groups excluding carboxylic acids is 1. The number of hydrogen-bond acceptors (Lipinski definition) is 4. The third-order valence-corrected chi connectivity index (χ3v) is 4.98. The molecule has 0 radical (unpaired) electrons. The largest absolute Gasteiger partial charge is 0.368 e. The van der Waals surface area contributed by atoms with Crippen LogP contribution in [-0.4, -0.2) is 23.6 Å². The second-order valence-electron chi connectivity index (χ2n) is 6.08. The Balaban J connectivity index is 1.45. The number of pyridine rings is 1. The Morgan fingerprint density at radius 3 is 2.79 bits per heavy atom. The van der Waals surface area contributed by atoms with Crippen LogP contribution in [-0.2, 0) is 15.3 Å². The average molecular weight is 342 g/mol. The summed E-state index contributed by atoms with van der Waals surface area (Å²) in [7, 11) is 0. The van der Waals surface area contributed by atoms with E-state index in [1.165, 1.54) is 18.4 Å². The molecule has 1 aromatic heterocycles. The Kier molecular flexibility index (Phi) is 5.88. The molecule has 3 rings (SSSR count). The van der Waals surface area contributed by atoms with E-state index in [4.69, 9.17) is 4.74 Å². The van der Waals surface area contributed by atoms with Gasteiger partial charge in [0.1, 0.15) is 6.10 Å². The van der Waals surface area contributed by atoms with Gasteiger partial charge in [-0.1, -0.05) is 6.07 Å². The smallest absolute Gasteiger partial charge is 0.253 e. The van der Waals surface area contributed by atoms with Gasteiger partial charge in [0.15, 0.2) is 0 Å². The SMILES string of the molecule is CC(OCC1CC1)C(=O)Nc1ccc(SCc2cccnc2)cc1. The predicted molar refractivity (Wildman–Crippen MR) is 97.0 cm³/mol. The lowest BCUT2D eigenvalue weighted by molar-refractivity contribution is -0.126. The highest BCUT2D eigenvalue weighted by molar-refractivity contribution is 7.98. The van der Waals surface area contributed by atoms with E-state index in [1.54, 1.807) is 24.9 Å². The molecule has 0 bridgehead atoms. The molecule has 0 spiro atoms. The lowest BCUT2D eigenvalue weighted by Crippen LogP contribution is -2.28. The van der Waals surface area contributed by atoms with Crippen molar-refractivity contribution in [2.45, 2.75) is 36.5 Å². The second-order valence-corrected chi connectivity index (χ2v) is 7.13. The first kappa shape index (κ1) is 17.0. The summed E-state index contributed by atoms with van der Waals surface area (Å²) in [6.45, 7) is 2.49. The Morgan fingerprint density at radius 1 is 1.33 bits per heavy atom. The Morgan fingerprint density at radius 2 is 2.12 bits per heavy atom. The van der Waals surface area contributed by atoms with Crippen LogP contribution in [0.15, 0.2) is 53.7 Å². The zero-order valence-electron chi connectivity index (χ0n) is 13.8. The van der Waals surface area contributed by atoms with Crippen molar-refractivity contribution in [3.05, 3.63) is 54.4 Å². The van der Waals surface area contributed by atoms with Crippen molar-refractivity contribution in [2.24, 2.45) is 5.92 Å². The highest BCUT2D eigenvalue weighted by Crippen LogP contribution is 2.29. The number of amides is 1. The van der Waals surface area contributed by atoms with Gasteiger partial charge in [-0.15, -0.1) is 11.8 Å². The maximum atomic E-state index is 12.1. The molecule has 1 saturated carbocycles. The first-order chi connectivity index (χ1) is 11.7. The maximum absolute atomic E-state index is 12.1. The monoisotopic (exact) mass is 342 g/mol. The molecule has 1 fully saturated rings. The summed E-state index contributed by atoms with van der Waals surface area (Å²) in [6, 6.07) is 11.9. The van der Waals surface area contributed by atoms with Gasteiger partial charge in [0.25, 0.3) is 5.91 Å². The Labute approximate surface area is 147 Å². The summed E-state index contributed by atoms with van der Waals surface area (Å²) < 4.78 is 5.59. The van der Waals surface area contributed by atoms with Gasteiger partial charge in [0.2, 0.25) is 0 Å². The van der Waals surface area contributed by atoms with Crippen molar-refractivity contribution < 1.29 is 9.53 Å². The summed E-state index contributed by atoms with van der Waals surface area (Å²) in [4.78, 5) is 17.4. The van der Waals surface area contributed by atoms with E-state index in [2.05, 4.69) is 16.4 Å². The number of ether oxygens (including phenoxy) is 1. The second kappa shape index (κ2) is 8.31. The van der Waals surface area contributed by atoms with Crippen LogP contribution in [0.4, 0.5) is 5.69 Å². The number of thioether (sulfide) groups is 1. The van der Waals surface area contributed by atoms with Crippen LogP contribution in [0.1, 0.15) is 25.3 Å². The molecular formula is C19H22N2O2S. The van der Waals surface area contributed by atoms with Crippen molar-refractivity contribution >= 4 is 23.4 Å². The van der Waals surface area contributed by atoms with Crippen LogP contribution in [0.5, 0.6) is 0 Å². The minimum atomic E-state index is -0.412. The number of aromatic nitrogens is 1. The fourth-order valence-electron chi connectivity index (χ4n) is 2.17. The molecule has 1 aromatic carbocycles. The molecule has 0 saturated heterocycles. The number of anilines is 1. The molecule has 2 aromatic rings. The molecule has 1 N–H and O–H groups in total. The lowest BCUT2D eigenvalue weighted by Gasteiger charge is -2.13. The fourth-order valence-corrected chi connectivity index (χ4v) is 3.00. The van der Waals surface area contributed by atoms with Crippen LogP contribution >= 0.6 is 11.8 Å². The summed E-state index contributed by atoms with van der Waals surface area (Å²) in [5, 5.41) is 2.90. The van der Waals surface area contributed by atoms with Crippen molar-refractivity contribution in [3.8, 4) is 0 Å². The maximum Gasteiger partial charge on any atom is 0.253 e. The van der Waals surface area contributed by atoms with Gasteiger partial charge < -0.3 is 10.1 Å². The molecular weight excluding hydrogens is 320 g/mol. The lowest BCUT2D eigenvalue weighted by atomic mass is 10.3. The molecule has 24 heavy (non-hydrogen) atoms. The zero-order valence-corrected chi connectivity index (χ0v) is 14.6. The standard InChI is InChI=1S/C19H22N2O2S/c1-14(23-12-15-4-5-15)19(22)21-17-6-8-18(9-7-17)24-13-16-3-2-10-20-11-16/h2-3,6-11,14-15H,4-5,12-13H2,1H3,(H,21,22). The van der Waals surface area contributed by atoms with Crippen molar-refractivity contribution in [1.82, 2.24) is 4.98 Å². The molecule has 1 heterocycles.